The fourth-order valence-electron chi connectivity index (χ4n) is 3.69. The highest BCUT2D eigenvalue weighted by molar-refractivity contribution is 5.70. The molecule has 4 heterocycles. The monoisotopic (exact) mass is 412 g/mol. The van der Waals surface area contributed by atoms with Crippen LogP contribution in [0.2, 0.25) is 0 Å². The molecule has 0 saturated carbocycles. The third-order valence-corrected chi connectivity index (χ3v) is 5.20. The number of hydrogen-bond donors (Lipinski definition) is 0. The number of rotatable bonds is 3. The number of ether oxygens (including phenoxy) is 2. The maximum atomic E-state index is 5.34. The van der Waals surface area contributed by atoms with Gasteiger partial charge in [-0.25, -0.2) is 9.97 Å². The second kappa shape index (κ2) is 7.70. The van der Waals surface area contributed by atoms with E-state index < -0.39 is 0 Å². The zero-order valence-electron chi connectivity index (χ0n) is 17.5. The van der Waals surface area contributed by atoms with Gasteiger partial charge in [0.25, 0.3) is 0 Å². The molecule has 154 valence electrons. The van der Waals surface area contributed by atoms with Crippen LogP contribution in [0.5, 0.6) is 5.88 Å². The number of imidazole rings is 1. The Morgan fingerprint density at radius 3 is 2.81 bits per heavy atom. The summed E-state index contributed by atoms with van der Waals surface area (Å²) >= 11 is 0. The van der Waals surface area contributed by atoms with Gasteiger partial charge < -0.3 is 14.0 Å². The average Bonchev–Trinajstić information content (AvgIpc) is 3.34. The van der Waals surface area contributed by atoms with E-state index in [2.05, 4.69) is 66.3 Å². The molecule has 0 radical (unpaired) electrons. The van der Waals surface area contributed by atoms with Crippen molar-refractivity contribution in [2.75, 3.05) is 14.2 Å². The van der Waals surface area contributed by atoms with Gasteiger partial charge in [0.1, 0.15) is 18.6 Å². The second-order valence-electron chi connectivity index (χ2n) is 7.23. The van der Waals surface area contributed by atoms with E-state index in [1.807, 2.05) is 12.4 Å². The van der Waals surface area contributed by atoms with Gasteiger partial charge >= 0.3 is 0 Å². The first-order chi connectivity index (χ1) is 15.2. The van der Waals surface area contributed by atoms with Crippen LogP contribution in [-0.4, -0.2) is 43.5 Å². The number of pyridine rings is 1. The maximum absolute atomic E-state index is 5.34. The lowest BCUT2D eigenvalue weighted by atomic mass is 10.1. The topological polar surface area (TPSA) is 79.9 Å². The van der Waals surface area contributed by atoms with Crippen molar-refractivity contribution in [3.8, 4) is 34.8 Å². The van der Waals surface area contributed by atoms with Gasteiger partial charge in [-0.3, -0.25) is 4.57 Å². The van der Waals surface area contributed by atoms with Crippen molar-refractivity contribution in [3.05, 3.63) is 71.2 Å². The minimum atomic E-state index is 0.375. The van der Waals surface area contributed by atoms with Gasteiger partial charge in [0.2, 0.25) is 5.88 Å². The summed E-state index contributed by atoms with van der Waals surface area (Å²) in [6, 6.07) is 9.93. The molecule has 1 aliphatic heterocycles. The highest BCUT2D eigenvalue weighted by atomic mass is 16.5. The van der Waals surface area contributed by atoms with Crippen molar-refractivity contribution < 1.29 is 9.47 Å². The van der Waals surface area contributed by atoms with Crippen molar-refractivity contribution in [1.82, 2.24) is 29.3 Å². The van der Waals surface area contributed by atoms with Crippen LogP contribution in [0.3, 0.4) is 0 Å². The van der Waals surface area contributed by atoms with E-state index in [9.17, 15) is 0 Å². The number of aryl methyl sites for hydroxylation is 1. The zero-order valence-corrected chi connectivity index (χ0v) is 17.5. The predicted octanol–water partition coefficient (Wildman–Crippen LogP) is 2.75. The average molecular weight is 412 g/mol. The summed E-state index contributed by atoms with van der Waals surface area (Å²) in [5.74, 6) is 8.49. The molecule has 1 aromatic carbocycles. The summed E-state index contributed by atoms with van der Waals surface area (Å²) in [7, 11) is 3.24. The smallest absolute Gasteiger partial charge is 0.214 e. The van der Waals surface area contributed by atoms with Crippen molar-refractivity contribution in [1.29, 1.82) is 0 Å². The lowest BCUT2D eigenvalue weighted by Gasteiger charge is -2.08. The molecule has 8 nitrogen and oxygen atoms in total. The van der Waals surface area contributed by atoms with Crippen LogP contribution in [0.1, 0.15) is 28.3 Å². The first kappa shape index (κ1) is 19.0. The molecule has 0 unspecified atom stereocenters. The molecule has 4 aromatic rings. The minimum Gasteiger partial charge on any atom is -0.481 e. The van der Waals surface area contributed by atoms with E-state index in [1.54, 1.807) is 26.5 Å². The van der Waals surface area contributed by atoms with E-state index in [0.717, 1.165) is 39.7 Å². The molecule has 0 fully saturated rings. The van der Waals surface area contributed by atoms with Crippen molar-refractivity contribution in [2.45, 2.75) is 20.1 Å². The van der Waals surface area contributed by atoms with Crippen LogP contribution in [0.25, 0.3) is 17.1 Å². The molecule has 3 aromatic heterocycles. The molecule has 8 heteroatoms. The third-order valence-electron chi connectivity index (χ3n) is 5.20. The number of methoxy groups -OCH3 is 2. The summed E-state index contributed by atoms with van der Waals surface area (Å²) in [6.07, 6.45) is 3.49. The van der Waals surface area contributed by atoms with Crippen LogP contribution in [-0.2, 0) is 17.9 Å². The summed E-state index contributed by atoms with van der Waals surface area (Å²) in [4.78, 5) is 8.73. The van der Waals surface area contributed by atoms with Crippen LogP contribution < -0.4 is 4.74 Å². The zero-order chi connectivity index (χ0) is 21.4. The SMILES string of the molecule is COCc1nnc2n1Cc1c(C#Cc3ccnc(OC)c3)ncn1-c1ccc(C)cc1-2. The number of hydrogen-bond acceptors (Lipinski definition) is 6. The number of aromatic nitrogens is 6. The lowest BCUT2D eigenvalue weighted by molar-refractivity contribution is 0.174. The number of benzene rings is 1. The fourth-order valence-corrected chi connectivity index (χ4v) is 3.69. The molecule has 31 heavy (non-hydrogen) atoms. The molecule has 0 amide bonds. The Morgan fingerprint density at radius 2 is 1.97 bits per heavy atom. The molecular formula is C23H20N6O2. The van der Waals surface area contributed by atoms with Gasteiger partial charge in [-0.05, 0) is 31.0 Å². The molecular weight excluding hydrogens is 392 g/mol. The van der Waals surface area contributed by atoms with Crippen LogP contribution in [0.4, 0.5) is 0 Å². The maximum Gasteiger partial charge on any atom is 0.214 e. The summed E-state index contributed by atoms with van der Waals surface area (Å²) < 4.78 is 14.7. The molecule has 0 spiro atoms. The highest BCUT2D eigenvalue weighted by Crippen LogP contribution is 2.33. The first-order valence-corrected chi connectivity index (χ1v) is 9.78. The molecule has 0 saturated heterocycles. The van der Waals surface area contributed by atoms with E-state index >= 15 is 0 Å². The van der Waals surface area contributed by atoms with Gasteiger partial charge in [0.05, 0.1) is 25.0 Å². The van der Waals surface area contributed by atoms with Crippen LogP contribution in [0, 0.1) is 18.8 Å². The fraction of sp³-hybridized carbons (Fsp3) is 0.217. The van der Waals surface area contributed by atoms with Crippen molar-refractivity contribution in [3.63, 3.8) is 0 Å². The Bertz CT molecular complexity index is 1340. The highest BCUT2D eigenvalue weighted by Gasteiger charge is 2.25. The van der Waals surface area contributed by atoms with Gasteiger partial charge in [-0.15, -0.1) is 10.2 Å². The minimum absolute atomic E-state index is 0.375. The van der Waals surface area contributed by atoms with Crippen molar-refractivity contribution >= 4 is 0 Å². The van der Waals surface area contributed by atoms with Gasteiger partial charge in [0.15, 0.2) is 11.6 Å². The standard InChI is InChI=1S/C23H20N6O2/c1-15-4-7-19-17(10-15)23-27-26-21(13-30-2)28(23)12-20-18(25-14-29(19)20)6-5-16-8-9-24-22(11-16)31-3/h4,7-11,14H,12-13H2,1-3H3. The number of fused-ring (bicyclic) bond motifs is 5. The normalized spacial score (nSPS) is 11.6. The first-order valence-electron chi connectivity index (χ1n) is 9.78. The Labute approximate surface area is 179 Å². The molecule has 0 aliphatic carbocycles. The Kier molecular flexibility index (Phi) is 4.73. The second-order valence-corrected chi connectivity index (χ2v) is 7.23. The summed E-state index contributed by atoms with van der Waals surface area (Å²) in [5.41, 5.74) is 5.63. The van der Waals surface area contributed by atoms with E-state index in [1.165, 1.54) is 0 Å². The third kappa shape index (κ3) is 3.35. The predicted molar refractivity (Wildman–Crippen MR) is 114 cm³/mol. The summed E-state index contributed by atoms with van der Waals surface area (Å²) in [6.45, 7) is 2.98. The van der Waals surface area contributed by atoms with E-state index in [4.69, 9.17) is 9.47 Å². The number of nitrogens with zero attached hydrogens (tertiary/aromatic N) is 6. The van der Waals surface area contributed by atoms with Gasteiger partial charge in [0, 0.05) is 30.5 Å². The molecule has 0 bridgehead atoms. The Hall–Kier alpha value is -3.96. The molecule has 0 N–H and O–H groups in total. The largest absolute Gasteiger partial charge is 0.481 e. The molecule has 1 aliphatic rings. The molecule has 0 atom stereocenters. The lowest BCUT2D eigenvalue weighted by Crippen LogP contribution is -2.09. The quantitative estimate of drug-likeness (QED) is 0.424. The van der Waals surface area contributed by atoms with Gasteiger partial charge in [-0.1, -0.05) is 17.6 Å². The molecule has 5 rings (SSSR count). The van der Waals surface area contributed by atoms with E-state index in [0.29, 0.717) is 24.7 Å². The van der Waals surface area contributed by atoms with Crippen LogP contribution >= 0.6 is 0 Å². The van der Waals surface area contributed by atoms with Crippen LogP contribution in [0.15, 0.2) is 42.9 Å². The van der Waals surface area contributed by atoms with E-state index in [-0.39, 0.29) is 0 Å². The van der Waals surface area contributed by atoms with Crippen molar-refractivity contribution in [2.24, 2.45) is 0 Å². The Balaban J connectivity index is 1.66. The summed E-state index contributed by atoms with van der Waals surface area (Å²) in [5, 5.41) is 8.82. The van der Waals surface area contributed by atoms with Gasteiger partial charge in [-0.2, -0.15) is 0 Å². The Morgan fingerprint density at radius 1 is 1.06 bits per heavy atom.